The van der Waals surface area contributed by atoms with Gasteiger partial charge in [-0.3, -0.25) is 0 Å². The van der Waals surface area contributed by atoms with Crippen LogP contribution in [0.5, 0.6) is 0 Å². The van der Waals surface area contributed by atoms with Crippen molar-refractivity contribution in [3.63, 3.8) is 0 Å². The Hall–Kier alpha value is -0.660. The molecule has 3 fully saturated rings. The second-order valence-electron chi connectivity index (χ2n) is 9.56. The molecule has 3 saturated heterocycles. The molecule has 33 heavy (non-hydrogen) atoms. The van der Waals surface area contributed by atoms with Gasteiger partial charge in [0.25, 0.3) is 0 Å². The molecule has 9 unspecified atom stereocenters. The molecule has 3 aliphatic rings. The zero-order chi connectivity index (χ0) is 24.0. The van der Waals surface area contributed by atoms with Crippen molar-refractivity contribution in [1.29, 1.82) is 0 Å². The molecule has 0 saturated carbocycles. The standard InChI is InChI=1S/C21H33N3O6S3/c1-10(31)4-13-7-16(28-13)22-19(25)23(17-8-14(29-17)5-11(2)32)21(27)24(20(22)26)18-9-15(30-18)6-12(3)33/h10-18,31-33H,4-9H2,1-3H3. The van der Waals surface area contributed by atoms with Crippen molar-refractivity contribution in [2.24, 2.45) is 0 Å². The van der Waals surface area contributed by atoms with Gasteiger partial charge in [-0.1, -0.05) is 20.8 Å². The van der Waals surface area contributed by atoms with Crippen molar-refractivity contribution in [3.05, 3.63) is 31.5 Å². The monoisotopic (exact) mass is 519 g/mol. The van der Waals surface area contributed by atoms with E-state index in [2.05, 4.69) is 37.9 Å². The molecule has 0 radical (unpaired) electrons. The number of hydrogen-bond acceptors (Lipinski definition) is 9. The third kappa shape index (κ3) is 5.30. The van der Waals surface area contributed by atoms with Crippen LogP contribution in [-0.4, -0.2) is 47.8 Å². The lowest BCUT2D eigenvalue weighted by Crippen LogP contribution is -2.62. The largest absolute Gasteiger partial charge is 0.354 e. The van der Waals surface area contributed by atoms with Gasteiger partial charge in [-0.2, -0.15) is 37.9 Å². The Morgan fingerprint density at radius 3 is 1.03 bits per heavy atom. The average molecular weight is 520 g/mol. The fourth-order valence-corrected chi connectivity index (χ4v) is 5.44. The zero-order valence-electron chi connectivity index (χ0n) is 19.1. The van der Waals surface area contributed by atoms with Gasteiger partial charge in [0.1, 0.15) is 18.7 Å². The maximum absolute atomic E-state index is 13.3. The molecule has 186 valence electrons. The number of thiol groups is 3. The highest BCUT2D eigenvalue weighted by molar-refractivity contribution is 7.81. The van der Waals surface area contributed by atoms with Crippen LogP contribution in [0.2, 0.25) is 0 Å². The van der Waals surface area contributed by atoms with Crippen molar-refractivity contribution in [2.45, 2.75) is 112 Å². The number of aromatic nitrogens is 3. The molecule has 3 aliphatic heterocycles. The molecule has 0 N–H and O–H groups in total. The fraction of sp³-hybridized carbons (Fsp3) is 0.857. The molecule has 0 bridgehead atoms. The fourth-order valence-electron chi connectivity index (χ4n) is 4.74. The normalized spacial score (nSPS) is 34.0. The molecule has 1 aromatic rings. The van der Waals surface area contributed by atoms with Gasteiger partial charge in [0, 0.05) is 35.0 Å². The van der Waals surface area contributed by atoms with Gasteiger partial charge in [0.2, 0.25) is 0 Å². The van der Waals surface area contributed by atoms with Gasteiger partial charge in [-0.05, 0) is 19.3 Å². The molecule has 9 atom stereocenters. The minimum atomic E-state index is -0.721. The van der Waals surface area contributed by atoms with E-state index in [-0.39, 0.29) is 34.1 Å². The van der Waals surface area contributed by atoms with Gasteiger partial charge in [-0.15, -0.1) is 0 Å². The van der Waals surface area contributed by atoms with Gasteiger partial charge < -0.3 is 14.2 Å². The van der Waals surface area contributed by atoms with Gasteiger partial charge in [0.05, 0.1) is 18.3 Å². The van der Waals surface area contributed by atoms with Crippen LogP contribution in [0.15, 0.2) is 14.4 Å². The lowest BCUT2D eigenvalue weighted by molar-refractivity contribution is -0.195. The Morgan fingerprint density at radius 2 is 0.848 bits per heavy atom. The first-order chi connectivity index (χ1) is 15.5. The maximum Gasteiger partial charge on any atom is 0.340 e. The SMILES string of the molecule is CC(S)CC1CC(n2c(=O)n(C3CC(CC(C)S)O3)c(=O)n(C3CC(CC(C)S)O3)c2=O)O1. The summed E-state index contributed by atoms with van der Waals surface area (Å²) in [6.07, 6.45) is 1.27. The second kappa shape index (κ2) is 10.1. The van der Waals surface area contributed by atoms with Gasteiger partial charge >= 0.3 is 17.1 Å². The second-order valence-corrected chi connectivity index (χ2v) is 12.2. The van der Waals surface area contributed by atoms with Crippen molar-refractivity contribution in [1.82, 2.24) is 13.7 Å². The third-order valence-electron chi connectivity index (χ3n) is 6.35. The third-order valence-corrected chi connectivity index (χ3v) is 6.99. The summed E-state index contributed by atoms with van der Waals surface area (Å²) in [5.41, 5.74) is -2.11. The molecule has 0 spiro atoms. The van der Waals surface area contributed by atoms with E-state index in [4.69, 9.17) is 14.2 Å². The molecule has 4 rings (SSSR count). The van der Waals surface area contributed by atoms with E-state index in [1.807, 2.05) is 20.8 Å². The van der Waals surface area contributed by atoms with Crippen LogP contribution < -0.4 is 17.1 Å². The maximum atomic E-state index is 13.3. The number of ether oxygens (including phenoxy) is 3. The molecular weight excluding hydrogens is 486 g/mol. The van der Waals surface area contributed by atoms with Crippen LogP contribution in [0, 0.1) is 0 Å². The van der Waals surface area contributed by atoms with Crippen LogP contribution in [0.3, 0.4) is 0 Å². The van der Waals surface area contributed by atoms with E-state index in [0.29, 0.717) is 38.5 Å². The van der Waals surface area contributed by atoms with Gasteiger partial charge in [-0.25, -0.2) is 28.1 Å². The van der Waals surface area contributed by atoms with Crippen LogP contribution >= 0.6 is 37.9 Å². The summed E-state index contributed by atoms with van der Waals surface area (Å²) < 4.78 is 20.6. The highest BCUT2D eigenvalue weighted by atomic mass is 32.1. The molecule has 4 heterocycles. The predicted octanol–water partition coefficient (Wildman–Crippen LogP) is 2.16. The quantitative estimate of drug-likeness (QED) is 0.433. The summed E-state index contributed by atoms with van der Waals surface area (Å²) in [5.74, 6) is 0. The van der Waals surface area contributed by atoms with Crippen LogP contribution in [0.1, 0.15) is 78.0 Å². The molecule has 9 nitrogen and oxygen atoms in total. The first kappa shape index (κ1) is 25.4. The number of nitrogens with zero attached hydrogens (tertiary/aromatic N) is 3. The van der Waals surface area contributed by atoms with E-state index in [0.717, 1.165) is 13.7 Å². The van der Waals surface area contributed by atoms with Crippen molar-refractivity contribution in [2.75, 3.05) is 0 Å². The Labute approximate surface area is 209 Å². The molecular formula is C21H33N3O6S3. The highest BCUT2D eigenvalue weighted by Gasteiger charge is 2.42. The van der Waals surface area contributed by atoms with Crippen molar-refractivity contribution >= 4 is 37.9 Å². The molecule has 0 aromatic carbocycles. The van der Waals surface area contributed by atoms with Crippen LogP contribution in [0.4, 0.5) is 0 Å². The predicted molar refractivity (Wildman–Crippen MR) is 134 cm³/mol. The molecule has 0 amide bonds. The lowest BCUT2D eigenvalue weighted by atomic mass is 10.0. The lowest BCUT2D eigenvalue weighted by Gasteiger charge is -2.41. The van der Waals surface area contributed by atoms with Crippen LogP contribution in [-0.2, 0) is 14.2 Å². The van der Waals surface area contributed by atoms with Gasteiger partial charge in [0.15, 0.2) is 0 Å². The van der Waals surface area contributed by atoms with E-state index in [9.17, 15) is 14.4 Å². The topological polar surface area (TPSA) is 93.7 Å². The minimum absolute atomic E-state index is 0.0787. The van der Waals surface area contributed by atoms with E-state index in [1.165, 1.54) is 0 Å². The Kier molecular flexibility index (Phi) is 7.81. The first-order valence-corrected chi connectivity index (χ1v) is 13.1. The van der Waals surface area contributed by atoms with Crippen LogP contribution in [0.25, 0.3) is 0 Å². The number of hydrogen-bond donors (Lipinski definition) is 3. The Balaban J connectivity index is 1.63. The molecule has 12 heteroatoms. The minimum Gasteiger partial charge on any atom is -0.354 e. The summed E-state index contributed by atoms with van der Waals surface area (Å²) in [6.45, 7) is 5.89. The summed E-state index contributed by atoms with van der Waals surface area (Å²) in [7, 11) is 0. The highest BCUT2D eigenvalue weighted by Crippen LogP contribution is 2.35. The first-order valence-electron chi connectivity index (χ1n) is 11.5. The summed E-state index contributed by atoms with van der Waals surface area (Å²) in [5, 5.41) is 0.423. The zero-order valence-corrected chi connectivity index (χ0v) is 21.8. The van der Waals surface area contributed by atoms with Crippen molar-refractivity contribution < 1.29 is 14.2 Å². The molecule has 0 aliphatic carbocycles. The van der Waals surface area contributed by atoms with E-state index >= 15 is 0 Å². The summed E-state index contributed by atoms with van der Waals surface area (Å²) in [6, 6.07) is 0. The smallest absolute Gasteiger partial charge is 0.340 e. The summed E-state index contributed by atoms with van der Waals surface area (Å²) >= 11 is 13.1. The summed E-state index contributed by atoms with van der Waals surface area (Å²) in [4.78, 5) is 39.9. The average Bonchev–Trinajstić information content (AvgIpc) is 2.60. The Bertz CT molecular complexity index is 859. The Morgan fingerprint density at radius 1 is 0.636 bits per heavy atom. The number of rotatable bonds is 9. The van der Waals surface area contributed by atoms with E-state index in [1.54, 1.807) is 0 Å². The van der Waals surface area contributed by atoms with E-state index < -0.39 is 35.8 Å². The molecule has 1 aromatic heterocycles. The van der Waals surface area contributed by atoms with Crippen molar-refractivity contribution in [3.8, 4) is 0 Å².